The molecule has 4 aromatic carbocycles. The van der Waals surface area contributed by atoms with Crippen molar-refractivity contribution < 1.29 is 43.2 Å². The number of hydrogen-bond acceptors (Lipinski definition) is 15. The number of benzene rings is 4. The van der Waals surface area contributed by atoms with Gasteiger partial charge in [-0.05, 0) is 135 Å². The number of aromatic carboxylic acids is 1. The zero-order valence-electron chi connectivity index (χ0n) is 42.4. The number of pyridine rings is 2. The van der Waals surface area contributed by atoms with Gasteiger partial charge in [-0.2, -0.15) is 0 Å². The molecule has 0 atom stereocenters. The topological polar surface area (TPSA) is 225 Å². The third-order valence-corrected chi connectivity index (χ3v) is 12.1. The van der Waals surface area contributed by atoms with Crippen molar-refractivity contribution >= 4 is 46.6 Å². The minimum atomic E-state index is -1.17. The summed E-state index contributed by atoms with van der Waals surface area (Å²) in [6.07, 6.45) is 7.25. The number of nitrogens with two attached hydrogens (primary N) is 2. The lowest BCUT2D eigenvalue weighted by molar-refractivity contribution is 0.0516. The van der Waals surface area contributed by atoms with Crippen LogP contribution in [0.1, 0.15) is 81.0 Å². The second-order valence-electron chi connectivity index (χ2n) is 17.7. The van der Waals surface area contributed by atoms with Gasteiger partial charge in [0, 0.05) is 101 Å². The number of aromatic nitrogens is 2. The average molecular weight is 995 g/mol. The molecule has 0 saturated carbocycles. The minimum Gasteiger partial charge on any atom is -0.478 e. The third-order valence-electron chi connectivity index (χ3n) is 12.1. The maximum Gasteiger partial charge on any atom is 0.338 e. The first-order valence-corrected chi connectivity index (χ1v) is 24.3. The molecule has 2 fully saturated rings. The van der Waals surface area contributed by atoms with Crippen LogP contribution in [0.5, 0.6) is 11.8 Å². The number of rotatable bonds is 14. The summed E-state index contributed by atoms with van der Waals surface area (Å²) in [6.45, 7) is 7.02. The lowest BCUT2D eigenvalue weighted by atomic mass is 10.0. The highest BCUT2D eigenvalue weighted by Crippen LogP contribution is 2.28. The maximum absolute atomic E-state index is 13.1. The Balaban J connectivity index is 0.000000199. The molecule has 0 unspecified atom stereocenters. The molecule has 2 aliphatic rings. The first-order valence-electron chi connectivity index (χ1n) is 24.3. The van der Waals surface area contributed by atoms with E-state index in [1.165, 1.54) is 35.5 Å². The number of nitrogens with zero attached hydrogens (tertiary/aromatic N) is 5. The molecule has 8 rings (SSSR count). The Bertz CT molecular complexity index is 2790. The van der Waals surface area contributed by atoms with Crippen LogP contribution >= 0.6 is 0 Å². The molecule has 6 aromatic rings. The molecule has 17 heteroatoms. The van der Waals surface area contributed by atoms with E-state index in [0.717, 1.165) is 54.2 Å². The Hall–Kier alpha value is -8.18. The van der Waals surface area contributed by atoms with Crippen LogP contribution in [0.15, 0.2) is 122 Å². The Morgan fingerprint density at radius 1 is 0.589 bits per heavy atom. The fraction of sp³-hybridized carbons (Fsp3) is 0.321. The lowest BCUT2D eigenvalue weighted by Crippen LogP contribution is -2.42. The van der Waals surface area contributed by atoms with Crippen molar-refractivity contribution in [3.05, 3.63) is 144 Å². The van der Waals surface area contributed by atoms with Crippen molar-refractivity contribution in [2.75, 3.05) is 88.9 Å². The molecule has 0 spiro atoms. The van der Waals surface area contributed by atoms with Gasteiger partial charge in [0.25, 0.3) is 5.91 Å². The fourth-order valence-corrected chi connectivity index (χ4v) is 7.98. The predicted octanol–water partition coefficient (Wildman–Crippen LogP) is 8.35. The number of carbonyl (C=O) groups is 4. The summed E-state index contributed by atoms with van der Waals surface area (Å²) >= 11 is 0. The van der Waals surface area contributed by atoms with Crippen molar-refractivity contribution in [2.45, 2.75) is 51.7 Å². The number of esters is 2. The maximum atomic E-state index is 13.1. The second-order valence-corrected chi connectivity index (χ2v) is 17.7. The van der Waals surface area contributed by atoms with Crippen LogP contribution in [0.25, 0.3) is 22.3 Å². The summed E-state index contributed by atoms with van der Waals surface area (Å²) in [5, 5.41) is 12.1. The molecule has 2 aromatic heterocycles. The van der Waals surface area contributed by atoms with Gasteiger partial charge in [-0.25, -0.2) is 24.4 Å². The quantitative estimate of drug-likeness (QED) is 0.0594. The highest BCUT2D eigenvalue weighted by molar-refractivity contribution is 6.02. The first kappa shape index (κ1) is 54.2. The normalized spacial score (nSPS) is 13.5. The molecule has 1 amide bonds. The summed E-state index contributed by atoms with van der Waals surface area (Å²) in [7, 11) is 8.13. The summed E-state index contributed by atoms with van der Waals surface area (Å²) < 4.78 is 22.0. The van der Waals surface area contributed by atoms with Crippen LogP contribution in [-0.4, -0.2) is 124 Å². The largest absolute Gasteiger partial charge is 0.478 e. The number of carbonyl (C=O) groups excluding carboxylic acids is 3. The third kappa shape index (κ3) is 15.4. The molecule has 2 aliphatic heterocycles. The smallest absolute Gasteiger partial charge is 0.338 e. The minimum absolute atomic E-state index is 0.0452. The molecular formula is C56H66N8O9. The Morgan fingerprint density at radius 2 is 1.01 bits per heavy atom. The van der Waals surface area contributed by atoms with E-state index in [4.69, 9.17) is 35.5 Å². The van der Waals surface area contributed by atoms with Crippen LogP contribution in [0.2, 0.25) is 0 Å². The molecule has 4 heterocycles. The number of carboxylic acid groups (broad SMARTS) is 1. The first-order chi connectivity index (χ1) is 35.1. The highest BCUT2D eigenvalue weighted by Gasteiger charge is 2.27. The molecule has 6 N–H and O–H groups in total. The van der Waals surface area contributed by atoms with Gasteiger partial charge in [0.15, 0.2) is 0 Å². The number of anilines is 4. The molecule has 0 bridgehead atoms. The molecule has 2 saturated heterocycles. The average Bonchev–Trinajstić information content (AvgIpc) is 3.40. The Morgan fingerprint density at radius 3 is 1.44 bits per heavy atom. The predicted molar refractivity (Wildman–Crippen MR) is 285 cm³/mol. The second kappa shape index (κ2) is 26.3. The fourth-order valence-electron chi connectivity index (χ4n) is 7.98. The highest BCUT2D eigenvalue weighted by atomic mass is 16.5. The molecule has 0 aliphatic carbocycles. The molecule has 73 heavy (non-hydrogen) atoms. The molecule has 17 nitrogen and oxygen atoms in total. The number of likely N-dealkylation sites (tertiary alicyclic amines) is 1. The van der Waals surface area contributed by atoms with Gasteiger partial charge in [-0.1, -0.05) is 24.3 Å². The van der Waals surface area contributed by atoms with Crippen molar-refractivity contribution in [2.24, 2.45) is 0 Å². The standard InChI is InChI=1S/C28H32N4O4.C18H23N3O.C10H11NO4/c1-4-35-28(34)21-7-10-25(29)24(17-21)27(33)32-15-12-23(13-16-32)36-26-18-20(11-14-30-26)19-5-8-22(9-6-19)31(2)3;1-21(2)16-5-3-14(4-6-16)15-7-12-20-18(13-15)22-17-8-10-19-11-9-17;1-2-15-10(14)6-3-4-8(11)7(5-6)9(12)13/h5-11,14,17-18,23H,4,12-13,15-16,29H2,1-3H3;3-7,12-13,17,19H,8-11H2,1-2H3;3-5H,2,11H2,1H3,(H,12,13). The van der Waals surface area contributed by atoms with Crippen LogP contribution < -0.4 is 36.1 Å². The SMILES string of the molecule is CCOC(=O)c1ccc(N)c(C(=O)N2CCC(Oc3cc(-c4ccc(N(C)C)cc4)ccn3)CC2)c1.CCOC(=O)c1ccc(N)c(C(=O)O)c1.CN(C)c1ccc(-c2ccnc(OC3CCNCC3)c2)cc1. The van der Waals surface area contributed by atoms with Crippen LogP contribution in [-0.2, 0) is 9.47 Å². The van der Waals surface area contributed by atoms with Gasteiger partial charge < -0.3 is 55.5 Å². The number of hydrogen-bond donors (Lipinski definition) is 4. The summed E-state index contributed by atoms with van der Waals surface area (Å²) in [5.41, 5.74) is 19.5. The van der Waals surface area contributed by atoms with E-state index in [1.54, 1.807) is 37.1 Å². The zero-order valence-corrected chi connectivity index (χ0v) is 42.4. The molecule has 384 valence electrons. The summed E-state index contributed by atoms with van der Waals surface area (Å²) in [6, 6.07) is 33.5. The van der Waals surface area contributed by atoms with E-state index in [1.807, 2.05) is 58.7 Å². The Labute approximate surface area is 427 Å². The van der Waals surface area contributed by atoms with Gasteiger partial charge in [0.2, 0.25) is 11.8 Å². The number of carboxylic acids is 1. The van der Waals surface area contributed by atoms with E-state index < -0.39 is 17.9 Å². The van der Waals surface area contributed by atoms with E-state index in [0.29, 0.717) is 48.6 Å². The van der Waals surface area contributed by atoms with E-state index >= 15 is 0 Å². The summed E-state index contributed by atoms with van der Waals surface area (Å²) in [5.74, 6) is -1.10. The van der Waals surface area contributed by atoms with Crippen molar-refractivity contribution in [1.82, 2.24) is 20.2 Å². The summed E-state index contributed by atoms with van der Waals surface area (Å²) in [4.78, 5) is 61.8. The van der Waals surface area contributed by atoms with Gasteiger partial charge in [0.05, 0.1) is 35.5 Å². The van der Waals surface area contributed by atoms with Crippen LogP contribution in [0, 0.1) is 0 Å². The van der Waals surface area contributed by atoms with Crippen molar-refractivity contribution in [3.63, 3.8) is 0 Å². The van der Waals surface area contributed by atoms with Crippen LogP contribution in [0.4, 0.5) is 22.7 Å². The van der Waals surface area contributed by atoms with Gasteiger partial charge in [0.1, 0.15) is 12.2 Å². The van der Waals surface area contributed by atoms with Crippen molar-refractivity contribution in [3.8, 4) is 34.0 Å². The number of nitrogens with one attached hydrogen (secondary N) is 1. The zero-order chi connectivity index (χ0) is 52.4. The van der Waals surface area contributed by atoms with E-state index in [2.05, 4.69) is 73.6 Å². The number of amides is 1. The monoisotopic (exact) mass is 994 g/mol. The number of nitrogen functional groups attached to an aromatic ring is 2. The lowest BCUT2D eigenvalue weighted by Gasteiger charge is -2.32. The van der Waals surface area contributed by atoms with E-state index in [-0.39, 0.29) is 48.1 Å². The van der Waals surface area contributed by atoms with Gasteiger partial charge in [-0.15, -0.1) is 0 Å². The van der Waals surface area contributed by atoms with Crippen molar-refractivity contribution in [1.29, 1.82) is 0 Å². The van der Waals surface area contributed by atoms with E-state index in [9.17, 15) is 19.2 Å². The number of piperidine rings is 2. The Kier molecular flexibility index (Phi) is 19.5. The molecular weight excluding hydrogens is 929 g/mol. The van der Waals surface area contributed by atoms with Gasteiger partial charge in [-0.3, -0.25) is 4.79 Å². The van der Waals surface area contributed by atoms with Crippen LogP contribution in [0.3, 0.4) is 0 Å². The number of ether oxygens (including phenoxy) is 4. The molecule has 0 radical (unpaired) electrons. The van der Waals surface area contributed by atoms with Gasteiger partial charge >= 0.3 is 17.9 Å².